The van der Waals surface area contributed by atoms with Crippen LogP contribution in [0.5, 0.6) is 0 Å². The molecule has 0 aliphatic carbocycles. The van der Waals surface area contributed by atoms with Crippen LogP contribution in [-0.4, -0.2) is 41.0 Å². The summed E-state index contributed by atoms with van der Waals surface area (Å²) in [5.74, 6) is 1.06. The first-order valence-corrected chi connectivity index (χ1v) is 9.47. The predicted octanol–water partition coefficient (Wildman–Crippen LogP) is 3.84. The number of amides is 1. The molecule has 0 spiro atoms. The Bertz CT molecular complexity index is 779. The van der Waals surface area contributed by atoms with Crippen LogP contribution in [0.2, 0.25) is 5.02 Å². The molecular weight excluding hydrogens is 350 g/mol. The second-order valence-corrected chi connectivity index (χ2v) is 7.87. The van der Waals surface area contributed by atoms with E-state index in [1.54, 1.807) is 6.07 Å². The fourth-order valence-corrected chi connectivity index (χ4v) is 3.52. The van der Waals surface area contributed by atoms with Gasteiger partial charge in [0.2, 0.25) is 11.8 Å². The molecule has 1 amide bonds. The summed E-state index contributed by atoms with van der Waals surface area (Å²) in [6, 6.07) is 7.39. The standard InChI is InChI=1S/C20H26ClN3O2/c1-14-17(23-19(26-14)15-8-4-5-9-16(15)21)12-18(25)22-13-20(2,3)24-10-6-7-11-24/h4-5,8-9H,6-7,10-13H2,1-3H3,(H,22,25). The fourth-order valence-electron chi connectivity index (χ4n) is 3.31. The van der Waals surface area contributed by atoms with E-state index in [9.17, 15) is 4.79 Å². The highest BCUT2D eigenvalue weighted by molar-refractivity contribution is 6.33. The zero-order chi connectivity index (χ0) is 18.7. The van der Waals surface area contributed by atoms with Gasteiger partial charge in [0.1, 0.15) is 5.76 Å². The third kappa shape index (κ3) is 4.27. The summed E-state index contributed by atoms with van der Waals surface area (Å²) in [6.45, 7) is 9.01. The number of aryl methyl sites for hydroxylation is 1. The molecule has 1 saturated heterocycles. The van der Waals surface area contributed by atoms with Crippen LogP contribution in [-0.2, 0) is 11.2 Å². The van der Waals surface area contributed by atoms with Crippen LogP contribution in [0, 0.1) is 6.92 Å². The maximum Gasteiger partial charge on any atom is 0.228 e. The highest BCUT2D eigenvalue weighted by Gasteiger charge is 2.29. The van der Waals surface area contributed by atoms with Gasteiger partial charge in [0.15, 0.2) is 0 Å². The summed E-state index contributed by atoms with van der Waals surface area (Å²) in [7, 11) is 0. The van der Waals surface area contributed by atoms with Gasteiger partial charge < -0.3 is 9.73 Å². The van der Waals surface area contributed by atoms with Crippen LogP contribution in [0.25, 0.3) is 11.5 Å². The quantitative estimate of drug-likeness (QED) is 0.833. The molecule has 2 heterocycles. The number of hydrogen-bond donors (Lipinski definition) is 1. The van der Waals surface area contributed by atoms with Gasteiger partial charge in [-0.15, -0.1) is 0 Å². The van der Waals surface area contributed by atoms with E-state index in [0.29, 0.717) is 28.9 Å². The van der Waals surface area contributed by atoms with E-state index >= 15 is 0 Å². The second-order valence-electron chi connectivity index (χ2n) is 7.46. The molecule has 1 aromatic carbocycles. The normalized spacial score (nSPS) is 15.4. The Kier molecular flexibility index (Phi) is 5.68. The second kappa shape index (κ2) is 7.80. The average Bonchev–Trinajstić information content (AvgIpc) is 3.25. The largest absolute Gasteiger partial charge is 0.441 e. The lowest BCUT2D eigenvalue weighted by atomic mass is 10.0. The Labute approximate surface area is 159 Å². The maximum atomic E-state index is 12.4. The average molecular weight is 376 g/mol. The number of benzene rings is 1. The molecular formula is C20H26ClN3O2. The van der Waals surface area contributed by atoms with E-state index in [4.69, 9.17) is 16.0 Å². The van der Waals surface area contributed by atoms with Gasteiger partial charge in [0, 0.05) is 12.1 Å². The van der Waals surface area contributed by atoms with E-state index in [0.717, 1.165) is 18.7 Å². The number of nitrogens with zero attached hydrogens (tertiary/aromatic N) is 2. The van der Waals surface area contributed by atoms with Crippen LogP contribution < -0.4 is 5.32 Å². The Morgan fingerprint density at radius 2 is 2.00 bits per heavy atom. The van der Waals surface area contributed by atoms with Crippen molar-refractivity contribution in [3.63, 3.8) is 0 Å². The molecule has 1 fully saturated rings. The molecule has 1 aromatic heterocycles. The topological polar surface area (TPSA) is 58.4 Å². The highest BCUT2D eigenvalue weighted by atomic mass is 35.5. The molecule has 0 saturated carbocycles. The number of halogens is 1. The Hall–Kier alpha value is -1.85. The minimum Gasteiger partial charge on any atom is -0.441 e. The Morgan fingerprint density at radius 3 is 2.69 bits per heavy atom. The van der Waals surface area contributed by atoms with Gasteiger partial charge in [-0.25, -0.2) is 4.98 Å². The summed E-state index contributed by atoms with van der Waals surface area (Å²) in [5, 5.41) is 3.63. The number of hydrogen-bond acceptors (Lipinski definition) is 4. The van der Waals surface area contributed by atoms with Gasteiger partial charge in [0.05, 0.1) is 22.7 Å². The van der Waals surface area contributed by atoms with Crippen molar-refractivity contribution in [2.45, 2.75) is 45.6 Å². The minimum atomic E-state index is -0.0422. The number of oxazole rings is 1. The van der Waals surface area contributed by atoms with Crippen molar-refractivity contribution in [2.24, 2.45) is 0 Å². The molecule has 0 unspecified atom stereocenters. The molecule has 0 bridgehead atoms. The first-order valence-electron chi connectivity index (χ1n) is 9.10. The SMILES string of the molecule is Cc1oc(-c2ccccc2Cl)nc1CC(=O)NCC(C)(C)N1CCCC1. The highest BCUT2D eigenvalue weighted by Crippen LogP contribution is 2.28. The van der Waals surface area contributed by atoms with E-state index < -0.39 is 0 Å². The molecule has 1 aliphatic heterocycles. The number of likely N-dealkylation sites (tertiary alicyclic amines) is 1. The monoisotopic (exact) mass is 375 g/mol. The molecule has 2 aromatic rings. The summed E-state index contributed by atoms with van der Waals surface area (Å²) < 4.78 is 5.73. The van der Waals surface area contributed by atoms with Crippen LogP contribution in [0.3, 0.4) is 0 Å². The first-order chi connectivity index (χ1) is 12.4. The van der Waals surface area contributed by atoms with Crippen molar-refractivity contribution >= 4 is 17.5 Å². The van der Waals surface area contributed by atoms with E-state index in [1.807, 2.05) is 25.1 Å². The zero-order valence-electron chi connectivity index (χ0n) is 15.6. The first kappa shape index (κ1) is 18.9. The molecule has 140 valence electrons. The van der Waals surface area contributed by atoms with Crippen LogP contribution in [0.15, 0.2) is 28.7 Å². The number of carbonyl (C=O) groups is 1. The van der Waals surface area contributed by atoms with Gasteiger partial charge in [-0.3, -0.25) is 9.69 Å². The Morgan fingerprint density at radius 1 is 1.31 bits per heavy atom. The molecule has 1 aliphatic rings. The predicted molar refractivity (Wildman–Crippen MR) is 103 cm³/mol. The summed E-state index contributed by atoms with van der Waals surface area (Å²) >= 11 is 6.20. The number of nitrogens with one attached hydrogen (secondary N) is 1. The smallest absolute Gasteiger partial charge is 0.228 e. The lowest BCUT2D eigenvalue weighted by molar-refractivity contribution is -0.121. The van der Waals surface area contributed by atoms with E-state index in [-0.39, 0.29) is 17.9 Å². The van der Waals surface area contributed by atoms with Crippen molar-refractivity contribution in [3.05, 3.63) is 40.7 Å². The van der Waals surface area contributed by atoms with Gasteiger partial charge in [-0.1, -0.05) is 23.7 Å². The third-order valence-corrected chi connectivity index (χ3v) is 5.33. The molecule has 6 heteroatoms. The van der Waals surface area contributed by atoms with Gasteiger partial charge in [0.25, 0.3) is 0 Å². The molecule has 0 atom stereocenters. The number of carbonyl (C=O) groups excluding carboxylic acids is 1. The third-order valence-electron chi connectivity index (χ3n) is 5.01. The summed E-state index contributed by atoms with van der Waals surface area (Å²) in [6.07, 6.45) is 2.68. The molecule has 3 rings (SSSR count). The Balaban J connectivity index is 1.62. The van der Waals surface area contributed by atoms with Gasteiger partial charge in [-0.2, -0.15) is 0 Å². The van der Waals surface area contributed by atoms with Crippen molar-refractivity contribution < 1.29 is 9.21 Å². The van der Waals surface area contributed by atoms with Crippen LogP contribution in [0.1, 0.15) is 38.1 Å². The lowest BCUT2D eigenvalue weighted by Crippen LogP contribution is -2.50. The van der Waals surface area contributed by atoms with Crippen molar-refractivity contribution in [1.29, 1.82) is 0 Å². The molecule has 1 N–H and O–H groups in total. The van der Waals surface area contributed by atoms with Gasteiger partial charge >= 0.3 is 0 Å². The molecule has 5 nitrogen and oxygen atoms in total. The lowest BCUT2D eigenvalue weighted by Gasteiger charge is -2.35. The fraction of sp³-hybridized carbons (Fsp3) is 0.500. The minimum absolute atomic E-state index is 0.0340. The summed E-state index contributed by atoms with van der Waals surface area (Å²) in [5.41, 5.74) is 1.35. The van der Waals surface area contributed by atoms with Crippen LogP contribution in [0.4, 0.5) is 0 Å². The number of rotatable bonds is 6. The van der Waals surface area contributed by atoms with Crippen molar-refractivity contribution in [3.8, 4) is 11.5 Å². The van der Waals surface area contributed by atoms with Crippen LogP contribution >= 0.6 is 11.6 Å². The maximum absolute atomic E-state index is 12.4. The van der Waals surface area contributed by atoms with E-state index in [2.05, 4.69) is 29.0 Å². The molecule has 26 heavy (non-hydrogen) atoms. The van der Waals surface area contributed by atoms with Crippen molar-refractivity contribution in [1.82, 2.24) is 15.2 Å². The zero-order valence-corrected chi connectivity index (χ0v) is 16.4. The van der Waals surface area contributed by atoms with Crippen molar-refractivity contribution in [2.75, 3.05) is 19.6 Å². The number of aromatic nitrogens is 1. The summed E-state index contributed by atoms with van der Waals surface area (Å²) in [4.78, 5) is 19.3. The van der Waals surface area contributed by atoms with E-state index in [1.165, 1.54) is 12.8 Å². The molecule has 0 radical (unpaired) electrons. The van der Waals surface area contributed by atoms with Gasteiger partial charge in [-0.05, 0) is 58.8 Å².